The number of ether oxygens (including phenoxy) is 5. The molecule has 10 nitrogen and oxygen atoms in total. The molecule has 0 amide bonds. The highest BCUT2D eigenvalue weighted by Gasteiger charge is 2.13. The number of hydrogen-bond donors (Lipinski definition) is 0. The molecule has 0 saturated heterocycles. The number of benzene rings is 6. The molecular formula is C57H51FO10. The van der Waals surface area contributed by atoms with Gasteiger partial charge in [0, 0.05) is 27.9 Å². The summed E-state index contributed by atoms with van der Waals surface area (Å²) in [5.74, 6) is -1.79. The van der Waals surface area contributed by atoms with Crippen molar-refractivity contribution >= 4 is 29.8 Å². The van der Waals surface area contributed by atoms with Gasteiger partial charge in [0.05, 0.1) is 6.61 Å². The van der Waals surface area contributed by atoms with Crippen LogP contribution in [0, 0.1) is 5.82 Å². The molecule has 0 N–H and O–H groups in total. The topological polar surface area (TPSA) is 132 Å². The van der Waals surface area contributed by atoms with Crippen molar-refractivity contribution < 1.29 is 52.0 Å². The molecule has 0 atom stereocenters. The molecule has 346 valence electrons. The highest BCUT2D eigenvalue weighted by molar-refractivity contribution is 5.90. The molecule has 0 aliphatic rings. The van der Waals surface area contributed by atoms with Crippen molar-refractivity contribution in [1.82, 2.24) is 0 Å². The number of esters is 5. The van der Waals surface area contributed by atoms with E-state index in [0.29, 0.717) is 58.1 Å². The smallest absolute Gasteiger partial charge is 0.349 e. The van der Waals surface area contributed by atoms with E-state index in [1.165, 1.54) is 13.0 Å². The van der Waals surface area contributed by atoms with Gasteiger partial charge in [0.2, 0.25) is 0 Å². The summed E-state index contributed by atoms with van der Waals surface area (Å²) in [6, 6.07) is 41.9. The maximum atomic E-state index is 14.9. The minimum atomic E-state index is -0.674. The third-order valence-electron chi connectivity index (χ3n) is 9.89. The van der Waals surface area contributed by atoms with Gasteiger partial charge in [-0.15, -0.1) is 0 Å². The molecule has 0 aliphatic carbocycles. The first kappa shape index (κ1) is 50.6. The van der Waals surface area contributed by atoms with Crippen LogP contribution in [0.3, 0.4) is 0 Å². The molecule has 11 heteroatoms. The molecule has 0 saturated carbocycles. The van der Waals surface area contributed by atoms with Gasteiger partial charge >= 0.3 is 29.8 Å². The Balaban J connectivity index is 0.000000254. The lowest BCUT2D eigenvalue weighted by molar-refractivity contribution is -0.150. The molecule has 0 unspecified atom stereocenters. The Morgan fingerprint density at radius 1 is 0.426 bits per heavy atom. The minimum absolute atomic E-state index is 0.212. The number of carbonyl (C=O) groups is 5. The van der Waals surface area contributed by atoms with Crippen LogP contribution < -0.4 is 14.2 Å². The number of aryl methyl sites for hydroxylation is 1. The van der Waals surface area contributed by atoms with Crippen LogP contribution in [0.25, 0.3) is 44.5 Å². The van der Waals surface area contributed by atoms with Gasteiger partial charge in [0.1, 0.15) is 23.1 Å². The lowest BCUT2D eigenvalue weighted by atomic mass is 9.98. The normalized spacial score (nSPS) is 10.3. The third kappa shape index (κ3) is 15.1. The van der Waals surface area contributed by atoms with Gasteiger partial charge in [-0.1, -0.05) is 123 Å². The quantitative estimate of drug-likeness (QED) is 0.0377. The first-order chi connectivity index (χ1) is 32.5. The number of hydrogen-bond acceptors (Lipinski definition) is 10. The Kier molecular flexibility index (Phi) is 18.0. The summed E-state index contributed by atoms with van der Waals surface area (Å²) in [6.45, 7) is 20.3. The van der Waals surface area contributed by atoms with E-state index in [4.69, 9.17) is 23.7 Å². The zero-order valence-electron chi connectivity index (χ0n) is 38.4. The van der Waals surface area contributed by atoms with Crippen LogP contribution in [-0.2, 0) is 39.9 Å². The molecule has 0 aromatic heterocycles. The van der Waals surface area contributed by atoms with Crippen molar-refractivity contribution in [3.63, 3.8) is 0 Å². The van der Waals surface area contributed by atoms with E-state index in [2.05, 4.69) is 26.3 Å². The van der Waals surface area contributed by atoms with Crippen LogP contribution in [0.15, 0.2) is 188 Å². The van der Waals surface area contributed by atoms with Crippen molar-refractivity contribution in [2.75, 3.05) is 13.2 Å². The SMILES string of the molecule is C=C(C)C(=O)OCC(=O)Oc1ccc(-c2ccc(-c3ccc(OC(=O)C(=C)C)cc3)cc2)cc1.C=C(C)C(=O)OCCCc1ccc(-c2ccc(-c3ccc(OC(=O)C(=C)C)cc3)c(F)c2)cc1. The highest BCUT2D eigenvalue weighted by atomic mass is 19.1. The molecule has 0 spiro atoms. The molecular weight excluding hydrogens is 864 g/mol. The van der Waals surface area contributed by atoms with Crippen LogP contribution >= 0.6 is 0 Å². The van der Waals surface area contributed by atoms with Gasteiger partial charge in [-0.25, -0.2) is 28.4 Å². The summed E-state index contributed by atoms with van der Waals surface area (Å²) in [5, 5.41) is 0. The third-order valence-corrected chi connectivity index (χ3v) is 9.89. The second-order valence-corrected chi connectivity index (χ2v) is 15.7. The molecule has 6 aromatic carbocycles. The van der Waals surface area contributed by atoms with Crippen molar-refractivity contribution in [2.45, 2.75) is 40.5 Å². The summed E-state index contributed by atoms with van der Waals surface area (Å²) in [4.78, 5) is 57.8. The Hall–Kier alpha value is -8.44. The van der Waals surface area contributed by atoms with E-state index in [1.807, 2.05) is 78.9 Å². The van der Waals surface area contributed by atoms with Crippen molar-refractivity contribution in [3.8, 4) is 61.8 Å². The van der Waals surface area contributed by atoms with Gasteiger partial charge in [0.15, 0.2) is 6.61 Å². The Morgan fingerprint density at radius 3 is 1.21 bits per heavy atom. The van der Waals surface area contributed by atoms with E-state index in [0.717, 1.165) is 45.4 Å². The van der Waals surface area contributed by atoms with E-state index < -0.39 is 30.5 Å². The maximum absolute atomic E-state index is 14.9. The average Bonchev–Trinajstić information content (AvgIpc) is 3.33. The molecule has 0 fully saturated rings. The Morgan fingerprint density at radius 2 is 0.779 bits per heavy atom. The largest absolute Gasteiger partial charge is 0.462 e. The number of halogens is 1. The van der Waals surface area contributed by atoms with Gasteiger partial charge in [-0.2, -0.15) is 0 Å². The first-order valence-electron chi connectivity index (χ1n) is 21.4. The second-order valence-electron chi connectivity index (χ2n) is 15.7. The van der Waals surface area contributed by atoms with Crippen molar-refractivity contribution in [2.24, 2.45) is 0 Å². The Labute approximate surface area is 395 Å². The van der Waals surface area contributed by atoms with E-state index in [9.17, 15) is 28.4 Å². The summed E-state index contributed by atoms with van der Waals surface area (Å²) in [6.07, 6.45) is 1.49. The standard InChI is InChI=1S/C29H27FO4.C28H24O6/c1-19(2)28(31)33-17-5-6-21-7-9-22(10-8-21)24-13-16-26(27(30)18-24)23-11-14-25(15-12-23)34-29(32)20(3)4;1-18(2)27(30)32-17-26(29)33-24-13-9-22(10-14-24)20-5-7-21(8-6-20)23-11-15-25(16-12-23)34-28(31)19(3)4/h7-16,18H,1,3,5-6,17H2,2,4H3;5-16H,1,3,17H2,2,4H3. The Bertz CT molecular complexity index is 2820. The summed E-state index contributed by atoms with van der Waals surface area (Å²) < 4.78 is 40.3. The zero-order valence-corrected chi connectivity index (χ0v) is 38.4. The van der Waals surface area contributed by atoms with Crippen LogP contribution in [0.4, 0.5) is 4.39 Å². The van der Waals surface area contributed by atoms with Gasteiger partial charge in [-0.3, -0.25) is 0 Å². The first-order valence-corrected chi connectivity index (χ1v) is 21.4. The van der Waals surface area contributed by atoms with Crippen LogP contribution in [0.5, 0.6) is 17.2 Å². The maximum Gasteiger partial charge on any atom is 0.349 e. The summed E-state index contributed by atoms with van der Waals surface area (Å²) in [5.41, 5.74) is 9.12. The molecule has 0 aliphatic heterocycles. The van der Waals surface area contributed by atoms with E-state index >= 15 is 0 Å². The van der Waals surface area contributed by atoms with Crippen molar-refractivity contribution in [1.29, 1.82) is 0 Å². The molecule has 0 bridgehead atoms. The second kappa shape index (κ2) is 24.2. The summed E-state index contributed by atoms with van der Waals surface area (Å²) in [7, 11) is 0. The van der Waals surface area contributed by atoms with E-state index in [-0.39, 0.29) is 17.4 Å². The highest BCUT2D eigenvalue weighted by Crippen LogP contribution is 2.31. The number of rotatable bonds is 17. The fourth-order valence-corrected chi connectivity index (χ4v) is 6.14. The molecule has 0 radical (unpaired) electrons. The monoisotopic (exact) mass is 914 g/mol. The molecule has 6 rings (SSSR count). The van der Waals surface area contributed by atoms with Crippen molar-refractivity contribution in [3.05, 3.63) is 200 Å². The molecule has 68 heavy (non-hydrogen) atoms. The van der Waals surface area contributed by atoms with Gasteiger partial charge in [0.25, 0.3) is 0 Å². The van der Waals surface area contributed by atoms with Gasteiger partial charge in [-0.05, 0) is 128 Å². The summed E-state index contributed by atoms with van der Waals surface area (Å²) >= 11 is 0. The number of carbonyl (C=O) groups excluding carboxylic acids is 5. The fourth-order valence-electron chi connectivity index (χ4n) is 6.14. The predicted octanol–water partition coefficient (Wildman–Crippen LogP) is 12.2. The van der Waals surface area contributed by atoms with Crippen LogP contribution in [-0.4, -0.2) is 43.1 Å². The van der Waals surface area contributed by atoms with Crippen LogP contribution in [0.2, 0.25) is 0 Å². The van der Waals surface area contributed by atoms with E-state index in [1.54, 1.807) is 75.4 Å². The minimum Gasteiger partial charge on any atom is -0.462 e. The van der Waals surface area contributed by atoms with Crippen LogP contribution in [0.1, 0.15) is 39.7 Å². The molecule has 6 aromatic rings. The zero-order chi connectivity index (χ0) is 49.3. The van der Waals surface area contributed by atoms with Gasteiger partial charge < -0.3 is 23.7 Å². The lowest BCUT2D eigenvalue weighted by Crippen LogP contribution is -2.18. The lowest BCUT2D eigenvalue weighted by Gasteiger charge is -2.09. The average molecular weight is 915 g/mol. The fraction of sp³-hybridized carbons (Fsp3) is 0.140. The molecule has 0 heterocycles. The predicted molar refractivity (Wildman–Crippen MR) is 261 cm³/mol.